The van der Waals surface area contributed by atoms with E-state index < -0.39 is 63.8 Å². The summed E-state index contributed by atoms with van der Waals surface area (Å²) in [7, 11) is 3.09. The fourth-order valence-corrected chi connectivity index (χ4v) is 6.81. The normalized spacial score (nSPS) is 27.1. The summed E-state index contributed by atoms with van der Waals surface area (Å²) in [5, 5.41) is 47.3. The minimum atomic E-state index is -2.70. The molecular formula is C24H26IN3O8S. The first-order valence-corrected chi connectivity index (χ1v) is 13.7. The molecule has 11 nitrogen and oxygen atoms in total. The number of phenolic OH excluding ortho intramolecular Hbond substituents is 1. The number of halogens is 1. The number of aliphatic hydroxyl groups is 3. The first-order valence-electron chi connectivity index (χ1n) is 11.2. The molecule has 198 valence electrons. The van der Waals surface area contributed by atoms with Crippen molar-refractivity contribution in [2.45, 2.75) is 24.5 Å². The monoisotopic (exact) mass is 643 g/mol. The Morgan fingerprint density at radius 1 is 1.27 bits per heavy atom. The number of amides is 2. The maximum atomic E-state index is 13.8. The van der Waals surface area contributed by atoms with Crippen LogP contribution in [0.5, 0.6) is 5.75 Å². The van der Waals surface area contributed by atoms with Gasteiger partial charge in [-0.25, -0.2) is 0 Å². The minimum absolute atomic E-state index is 0.00874. The third-order valence-corrected chi connectivity index (χ3v) is 8.73. The van der Waals surface area contributed by atoms with Crippen molar-refractivity contribution in [3.8, 4) is 5.75 Å². The highest BCUT2D eigenvalue weighted by Gasteiger charge is 2.64. The van der Waals surface area contributed by atoms with Crippen molar-refractivity contribution in [3.63, 3.8) is 0 Å². The van der Waals surface area contributed by atoms with E-state index in [4.69, 9.17) is 5.73 Å². The molecule has 3 aliphatic rings. The Labute approximate surface area is 229 Å². The Morgan fingerprint density at radius 2 is 1.92 bits per heavy atom. The molecule has 4 atom stereocenters. The summed E-state index contributed by atoms with van der Waals surface area (Å²) in [5.41, 5.74) is 2.03. The number of carbonyl (C=O) groups excluding carboxylic acids is 4. The smallest absolute Gasteiger partial charge is 0.255 e. The molecule has 0 saturated heterocycles. The fraction of sp³-hybridized carbons (Fsp3) is 0.417. The van der Waals surface area contributed by atoms with Crippen LogP contribution in [0.25, 0.3) is 5.76 Å². The fourth-order valence-electron chi connectivity index (χ4n) is 5.68. The Kier molecular flexibility index (Phi) is 7.11. The van der Waals surface area contributed by atoms with Crippen LogP contribution < -0.4 is 11.1 Å². The number of fused-ring (bicyclic) bond motifs is 3. The van der Waals surface area contributed by atoms with Crippen LogP contribution in [0.15, 0.2) is 23.0 Å². The van der Waals surface area contributed by atoms with Gasteiger partial charge in [0.2, 0.25) is 11.7 Å². The second-order valence-corrected chi connectivity index (χ2v) is 11.6. The zero-order valence-electron chi connectivity index (χ0n) is 20.2. The average molecular weight is 643 g/mol. The number of primary amides is 1. The molecule has 3 aliphatic carbocycles. The van der Waals surface area contributed by atoms with Crippen LogP contribution >= 0.6 is 34.4 Å². The lowest BCUT2D eigenvalue weighted by Gasteiger charge is -2.50. The topological polar surface area (TPSA) is 190 Å². The number of thioether (sulfide) groups is 1. The standard InChI is InChI=1S/C24H26IN3O8S/c1-28(2)17-10-5-8-4-9-11(25)6-12(27-13(29)7-37-3)18(30)15(9)19(31)14(8)21(33)24(10,36)22(34)16(20(17)32)23(26)35/h6,8,10,17,30-31,34,36H,4-5,7H2,1-3H3,(H2,26,35)(H,27,29)/t8?,10?,17-,24-/m0/s1. The van der Waals surface area contributed by atoms with Crippen molar-refractivity contribution >= 4 is 69.2 Å². The number of rotatable bonds is 5. The molecule has 1 fully saturated rings. The third-order valence-electron chi connectivity index (χ3n) is 7.22. The Morgan fingerprint density at radius 3 is 2.49 bits per heavy atom. The van der Waals surface area contributed by atoms with Crippen molar-refractivity contribution in [1.82, 2.24) is 4.90 Å². The third kappa shape index (κ3) is 4.02. The van der Waals surface area contributed by atoms with Gasteiger partial charge in [0.15, 0.2) is 11.4 Å². The van der Waals surface area contributed by atoms with E-state index in [1.165, 1.54) is 16.7 Å². The van der Waals surface area contributed by atoms with E-state index in [0.717, 1.165) is 0 Å². The maximum Gasteiger partial charge on any atom is 0.255 e. The van der Waals surface area contributed by atoms with Gasteiger partial charge in [0.1, 0.15) is 22.8 Å². The second-order valence-electron chi connectivity index (χ2n) is 9.55. The molecule has 0 spiro atoms. The molecule has 0 bridgehead atoms. The number of carbonyl (C=O) groups is 4. The summed E-state index contributed by atoms with van der Waals surface area (Å²) in [6.07, 6.45) is 1.93. The Balaban J connectivity index is 1.92. The zero-order valence-corrected chi connectivity index (χ0v) is 23.1. The van der Waals surface area contributed by atoms with Crippen LogP contribution in [0.2, 0.25) is 0 Å². The second kappa shape index (κ2) is 9.60. The Hall–Kier alpha value is -2.62. The largest absolute Gasteiger partial charge is 0.508 e. The molecule has 7 N–H and O–H groups in total. The molecule has 0 aromatic heterocycles. The zero-order chi connectivity index (χ0) is 27.6. The van der Waals surface area contributed by atoms with Crippen molar-refractivity contribution in [2.24, 2.45) is 17.6 Å². The molecule has 4 rings (SSSR count). The number of aliphatic hydroxyl groups excluding tert-OH is 2. The van der Waals surface area contributed by atoms with E-state index in [1.54, 1.807) is 26.4 Å². The first-order chi connectivity index (χ1) is 17.3. The maximum absolute atomic E-state index is 13.8. The van der Waals surface area contributed by atoms with E-state index in [1.807, 2.05) is 22.6 Å². The summed E-state index contributed by atoms with van der Waals surface area (Å²) < 4.78 is 0.617. The van der Waals surface area contributed by atoms with Crippen LogP contribution in [0, 0.1) is 15.4 Å². The molecule has 13 heteroatoms. The molecular weight excluding hydrogens is 617 g/mol. The summed E-state index contributed by atoms with van der Waals surface area (Å²) >= 11 is 3.29. The molecule has 2 amide bonds. The van der Waals surface area contributed by atoms with E-state index in [2.05, 4.69) is 5.32 Å². The van der Waals surface area contributed by atoms with E-state index in [9.17, 15) is 39.6 Å². The van der Waals surface area contributed by atoms with Crippen LogP contribution in [0.3, 0.4) is 0 Å². The van der Waals surface area contributed by atoms with Crippen LogP contribution in [-0.4, -0.2) is 86.5 Å². The summed E-state index contributed by atoms with van der Waals surface area (Å²) in [4.78, 5) is 52.6. The van der Waals surface area contributed by atoms with Crippen LogP contribution in [0.4, 0.5) is 5.69 Å². The van der Waals surface area contributed by atoms with E-state index >= 15 is 0 Å². The highest BCUT2D eigenvalue weighted by molar-refractivity contribution is 14.1. The van der Waals surface area contributed by atoms with Gasteiger partial charge in [-0.1, -0.05) is 0 Å². The summed E-state index contributed by atoms with van der Waals surface area (Å²) in [6.45, 7) is 0. The molecule has 1 aromatic carbocycles. The van der Waals surface area contributed by atoms with E-state index in [-0.39, 0.29) is 41.3 Å². The lowest BCUT2D eigenvalue weighted by Crippen LogP contribution is -2.65. The van der Waals surface area contributed by atoms with Gasteiger partial charge in [-0.2, -0.15) is 11.8 Å². The lowest BCUT2D eigenvalue weighted by atomic mass is 9.57. The van der Waals surface area contributed by atoms with Crippen LogP contribution in [0.1, 0.15) is 17.5 Å². The van der Waals surface area contributed by atoms with Gasteiger partial charge in [0, 0.05) is 15.1 Å². The van der Waals surface area contributed by atoms with Gasteiger partial charge in [-0.3, -0.25) is 24.1 Å². The SMILES string of the molecule is CSCC(=O)Nc1cc(I)c2c(c1O)C(O)=C1C(=O)[C@]3(O)C(O)=C(C(N)=O)C(=O)[C@@H](N(C)C)C3CC1C2. The summed E-state index contributed by atoms with van der Waals surface area (Å²) in [5.74, 6) is -7.40. The van der Waals surface area contributed by atoms with Gasteiger partial charge in [0.05, 0.1) is 23.0 Å². The number of hydrogen-bond acceptors (Lipinski definition) is 10. The quantitative estimate of drug-likeness (QED) is 0.153. The first kappa shape index (κ1) is 27.4. The molecule has 37 heavy (non-hydrogen) atoms. The van der Waals surface area contributed by atoms with Crippen molar-refractivity contribution in [3.05, 3.63) is 37.7 Å². The average Bonchev–Trinajstić information content (AvgIpc) is 2.79. The van der Waals surface area contributed by atoms with Gasteiger partial charge >= 0.3 is 0 Å². The molecule has 0 radical (unpaired) electrons. The van der Waals surface area contributed by atoms with Crippen molar-refractivity contribution in [1.29, 1.82) is 0 Å². The number of likely N-dealkylation sites (N-methyl/N-ethyl adjacent to an activating group) is 1. The number of nitrogens with one attached hydrogen (secondary N) is 1. The van der Waals surface area contributed by atoms with Gasteiger partial charge in [0.25, 0.3) is 5.91 Å². The minimum Gasteiger partial charge on any atom is -0.508 e. The number of hydrogen-bond donors (Lipinski definition) is 6. The highest BCUT2D eigenvalue weighted by Crippen LogP contribution is 2.53. The number of aromatic hydroxyl groups is 1. The lowest BCUT2D eigenvalue weighted by molar-refractivity contribution is -0.153. The summed E-state index contributed by atoms with van der Waals surface area (Å²) in [6, 6.07) is 0.422. The number of nitrogens with zero attached hydrogens (tertiary/aromatic N) is 1. The van der Waals surface area contributed by atoms with Crippen LogP contribution in [-0.2, 0) is 25.6 Å². The molecule has 0 aliphatic heterocycles. The van der Waals surface area contributed by atoms with Crippen molar-refractivity contribution < 1.29 is 39.6 Å². The predicted octanol–water partition coefficient (Wildman–Crippen LogP) is 0.870. The molecule has 1 aromatic rings. The number of ketones is 2. The number of Topliss-reactive ketones (excluding diaryl/α,β-unsaturated/α-hetero) is 2. The van der Waals surface area contributed by atoms with E-state index in [0.29, 0.717) is 9.13 Å². The number of phenols is 1. The van der Waals surface area contributed by atoms with Gasteiger partial charge in [-0.15, -0.1) is 0 Å². The number of anilines is 1. The molecule has 0 heterocycles. The van der Waals surface area contributed by atoms with Gasteiger partial charge < -0.3 is 31.5 Å². The molecule has 1 saturated carbocycles. The number of benzene rings is 1. The highest BCUT2D eigenvalue weighted by atomic mass is 127. The van der Waals surface area contributed by atoms with Crippen molar-refractivity contribution in [2.75, 3.05) is 31.4 Å². The number of nitrogens with two attached hydrogens (primary N) is 1. The van der Waals surface area contributed by atoms with Gasteiger partial charge in [-0.05, 0) is 73.3 Å². The molecule has 2 unspecified atom stereocenters. The predicted molar refractivity (Wildman–Crippen MR) is 144 cm³/mol. The Bertz CT molecular complexity index is 1320.